The van der Waals surface area contributed by atoms with E-state index in [1.165, 1.54) is 18.2 Å². The van der Waals surface area contributed by atoms with Gasteiger partial charge in [0.1, 0.15) is 0 Å². The van der Waals surface area contributed by atoms with E-state index in [2.05, 4.69) is 4.98 Å². The Labute approximate surface area is 93.5 Å². The first-order chi connectivity index (χ1) is 8.02. The van der Waals surface area contributed by atoms with Gasteiger partial charge >= 0.3 is 5.97 Å². The number of hydrogen-bond acceptors (Lipinski definition) is 4. The summed E-state index contributed by atoms with van der Waals surface area (Å²) < 4.78 is 0. The van der Waals surface area contributed by atoms with Crippen LogP contribution >= 0.6 is 0 Å². The number of nitrogens with zero attached hydrogens (tertiary/aromatic N) is 1. The van der Waals surface area contributed by atoms with E-state index in [1.54, 1.807) is 6.07 Å². The van der Waals surface area contributed by atoms with E-state index in [0.717, 1.165) is 0 Å². The van der Waals surface area contributed by atoms with E-state index in [-0.39, 0.29) is 10.9 Å². The van der Waals surface area contributed by atoms with Crippen LogP contribution in [-0.2, 0) is 0 Å². The minimum absolute atomic E-state index is 0.0921. The summed E-state index contributed by atoms with van der Waals surface area (Å²) in [5, 5.41) is 19.8. The molecule has 0 unspecified atom stereocenters. The predicted octanol–water partition coefficient (Wildman–Crippen LogP) is 1.13. The lowest BCUT2D eigenvalue weighted by Crippen LogP contribution is -2.20. The molecule has 2 rings (SSSR count). The van der Waals surface area contributed by atoms with Gasteiger partial charge in [0, 0.05) is 0 Å². The van der Waals surface area contributed by atoms with Gasteiger partial charge in [-0.3, -0.25) is 14.9 Å². The van der Waals surface area contributed by atoms with Gasteiger partial charge in [-0.2, -0.15) is 0 Å². The number of carboxylic acids is 1. The second-order valence-electron chi connectivity index (χ2n) is 3.29. The summed E-state index contributed by atoms with van der Waals surface area (Å²) in [5.74, 6) is -1.62. The highest BCUT2D eigenvalue weighted by Crippen LogP contribution is 2.25. The van der Waals surface area contributed by atoms with E-state index in [4.69, 9.17) is 5.11 Å². The molecule has 0 atom stereocenters. The minimum Gasteiger partial charge on any atom is -0.477 e. The fourth-order valence-electron chi connectivity index (χ4n) is 1.61. The molecule has 0 amide bonds. The number of rotatable bonds is 2. The van der Waals surface area contributed by atoms with Gasteiger partial charge in [-0.1, -0.05) is 12.1 Å². The largest absolute Gasteiger partial charge is 0.477 e. The number of aromatic carboxylic acids is 1. The normalized spacial score (nSPS) is 10.4. The lowest BCUT2D eigenvalue weighted by atomic mass is 10.1. The molecule has 0 bridgehead atoms. The zero-order chi connectivity index (χ0) is 12.6. The second kappa shape index (κ2) is 3.71. The molecule has 1 heterocycles. The predicted molar refractivity (Wildman–Crippen MR) is 58.2 cm³/mol. The Morgan fingerprint density at radius 2 is 2.00 bits per heavy atom. The standard InChI is InChI=1S/C10H6N2O5/c13-9-7(10(14)15)8(12(16)17)5-3-1-2-4-6(5)11-9/h1-4H,(H,11,13)(H,14,15). The number of aromatic amines is 1. The SMILES string of the molecule is O=C(O)c1c([N+](=O)[O-])c2ccccc2[nH]c1=O. The number of hydrogen-bond donors (Lipinski definition) is 2. The molecule has 2 N–H and O–H groups in total. The molecular weight excluding hydrogens is 228 g/mol. The zero-order valence-electron chi connectivity index (χ0n) is 8.34. The number of para-hydroxylation sites is 1. The first-order valence-corrected chi connectivity index (χ1v) is 4.55. The highest BCUT2D eigenvalue weighted by molar-refractivity contribution is 6.01. The van der Waals surface area contributed by atoms with Crippen LogP contribution in [0.25, 0.3) is 10.9 Å². The van der Waals surface area contributed by atoms with Crippen LogP contribution < -0.4 is 5.56 Å². The van der Waals surface area contributed by atoms with Gasteiger partial charge in [0.2, 0.25) is 5.56 Å². The number of pyridine rings is 1. The van der Waals surface area contributed by atoms with Crippen molar-refractivity contribution >= 4 is 22.6 Å². The molecule has 0 aliphatic heterocycles. The van der Waals surface area contributed by atoms with Crippen LogP contribution in [0.2, 0.25) is 0 Å². The zero-order valence-corrected chi connectivity index (χ0v) is 8.34. The van der Waals surface area contributed by atoms with Crippen molar-refractivity contribution in [2.45, 2.75) is 0 Å². The molecule has 1 aromatic carbocycles. The first kappa shape index (κ1) is 10.8. The Bertz CT molecular complexity index is 689. The maximum absolute atomic E-state index is 11.5. The van der Waals surface area contributed by atoms with E-state index in [9.17, 15) is 19.7 Å². The van der Waals surface area contributed by atoms with E-state index in [1.807, 2.05) is 0 Å². The van der Waals surface area contributed by atoms with Crippen molar-refractivity contribution < 1.29 is 14.8 Å². The number of aromatic nitrogens is 1. The van der Waals surface area contributed by atoms with Crippen molar-refractivity contribution in [3.63, 3.8) is 0 Å². The van der Waals surface area contributed by atoms with Gasteiger partial charge in [-0.05, 0) is 12.1 Å². The maximum Gasteiger partial charge on any atom is 0.348 e. The summed E-state index contributed by atoms with van der Waals surface area (Å²) in [6.07, 6.45) is 0. The Kier molecular flexibility index (Phi) is 2.36. The summed E-state index contributed by atoms with van der Waals surface area (Å²) >= 11 is 0. The molecule has 7 heteroatoms. The molecule has 0 aliphatic rings. The summed E-state index contributed by atoms with van der Waals surface area (Å²) in [7, 11) is 0. The van der Waals surface area contributed by atoms with Crippen LogP contribution in [0.1, 0.15) is 10.4 Å². The number of benzene rings is 1. The summed E-state index contributed by atoms with van der Waals surface area (Å²) in [6.45, 7) is 0. The molecule has 0 fully saturated rings. The molecule has 0 saturated heterocycles. The molecule has 0 radical (unpaired) electrons. The quantitative estimate of drug-likeness (QED) is 0.597. The summed E-state index contributed by atoms with van der Waals surface area (Å²) in [4.78, 5) is 34.6. The molecule has 2 aromatic rings. The highest BCUT2D eigenvalue weighted by atomic mass is 16.6. The molecule has 1 aromatic heterocycles. The van der Waals surface area contributed by atoms with Gasteiger partial charge in [0.25, 0.3) is 11.2 Å². The fraction of sp³-hybridized carbons (Fsp3) is 0. The van der Waals surface area contributed by atoms with E-state index < -0.39 is 27.7 Å². The minimum atomic E-state index is -1.62. The third-order valence-electron chi connectivity index (χ3n) is 2.29. The number of carbonyl (C=O) groups is 1. The summed E-state index contributed by atoms with van der Waals surface area (Å²) in [6, 6.07) is 5.97. The van der Waals surface area contributed by atoms with E-state index in [0.29, 0.717) is 0 Å². The topological polar surface area (TPSA) is 113 Å². The van der Waals surface area contributed by atoms with Crippen LogP contribution in [0.3, 0.4) is 0 Å². The smallest absolute Gasteiger partial charge is 0.348 e. The monoisotopic (exact) mass is 234 g/mol. The average molecular weight is 234 g/mol. The Morgan fingerprint density at radius 3 is 2.59 bits per heavy atom. The molecule has 0 saturated carbocycles. The van der Waals surface area contributed by atoms with Crippen molar-refractivity contribution in [2.24, 2.45) is 0 Å². The molecule has 17 heavy (non-hydrogen) atoms. The second-order valence-corrected chi connectivity index (χ2v) is 3.29. The van der Waals surface area contributed by atoms with E-state index >= 15 is 0 Å². The van der Waals surface area contributed by atoms with Crippen molar-refractivity contribution in [3.05, 3.63) is 50.3 Å². The molecular formula is C10H6N2O5. The number of nitro groups is 1. The first-order valence-electron chi connectivity index (χ1n) is 4.55. The van der Waals surface area contributed by atoms with Crippen LogP contribution in [0.4, 0.5) is 5.69 Å². The molecule has 86 valence electrons. The van der Waals surface area contributed by atoms with Gasteiger partial charge in [-0.15, -0.1) is 0 Å². The maximum atomic E-state index is 11.5. The van der Waals surface area contributed by atoms with Gasteiger partial charge in [0.15, 0.2) is 0 Å². The van der Waals surface area contributed by atoms with Crippen LogP contribution in [0, 0.1) is 10.1 Å². The van der Waals surface area contributed by atoms with Gasteiger partial charge in [-0.25, -0.2) is 4.79 Å². The third kappa shape index (κ3) is 1.63. The number of fused-ring (bicyclic) bond motifs is 1. The van der Waals surface area contributed by atoms with Crippen LogP contribution in [-0.4, -0.2) is 21.0 Å². The molecule has 0 spiro atoms. The molecule has 0 aliphatic carbocycles. The van der Waals surface area contributed by atoms with Crippen molar-refractivity contribution in [1.82, 2.24) is 4.98 Å². The van der Waals surface area contributed by atoms with Gasteiger partial charge < -0.3 is 10.1 Å². The number of H-pyrrole nitrogens is 1. The lowest BCUT2D eigenvalue weighted by molar-refractivity contribution is -0.383. The average Bonchev–Trinajstić information content (AvgIpc) is 2.26. The van der Waals surface area contributed by atoms with Crippen molar-refractivity contribution in [1.29, 1.82) is 0 Å². The Balaban J connectivity index is 3.04. The van der Waals surface area contributed by atoms with Crippen molar-refractivity contribution in [3.8, 4) is 0 Å². The molecule has 7 nitrogen and oxygen atoms in total. The number of carboxylic acid groups (broad SMARTS) is 1. The Hall–Kier alpha value is -2.70. The lowest BCUT2D eigenvalue weighted by Gasteiger charge is -2.01. The number of nitrogens with one attached hydrogen (secondary N) is 1. The van der Waals surface area contributed by atoms with Crippen LogP contribution in [0.15, 0.2) is 29.1 Å². The summed E-state index contributed by atoms with van der Waals surface area (Å²) in [5.41, 5.74) is -2.29. The fourth-order valence-corrected chi connectivity index (χ4v) is 1.61. The third-order valence-corrected chi connectivity index (χ3v) is 2.29. The van der Waals surface area contributed by atoms with Crippen molar-refractivity contribution in [2.75, 3.05) is 0 Å². The Morgan fingerprint density at radius 1 is 1.35 bits per heavy atom. The highest BCUT2D eigenvalue weighted by Gasteiger charge is 2.27. The van der Waals surface area contributed by atoms with Crippen LogP contribution in [0.5, 0.6) is 0 Å². The van der Waals surface area contributed by atoms with Gasteiger partial charge in [0.05, 0.1) is 15.8 Å².